The zero-order chi connectivity index (χ0) is 16.6. The van der Waals surface area contributed by atoms with Crippen molar-refractivity contribution in [3.05, 3.63) is 0 Å². The van der Waals surface area contributed by atoms with Crippen LogP contribution in [0.25, 0.3) is 0 Å². The number of carboxylic acid groups (broad SMARTS) is 1. The fourth-order valence-corrected chi connectivity index (χ4v) is 12.2. The average Bonchev–Trinajstić information content (AvgIpc) is 2.45. The maximum absolute atomic E-state index is 9.00. The van der Waals surface area contributed by atoms with Gasteiger partial charge in [-0.05, 0) is 0 Å². The van der Waals surface area contributed by atoms with Crippen molar-refractivity contribution >= 4 is 5.97 Å². The van der Waals surface area contributed by atoms with E-state index in [9.17, 15) is 0 Å². The van der Waals surface area contributed by atoms with E-state index in [1.807, 2.05) is 0 Å². The van der Waals surface area contributed by atoms with Gasteiger partial charge in [-0.15, -0.1) is 0 Å². The molecule has 0 radical (unpaired) electrons. The van der Waals surface area contributed by atoms with Crippen molar-refractivity contribution in [1.29, 1.82) is 0 Å². The molecule has 0 aromatic heterocycles. The molecule has 1 N–H and O–H groups in total. The third-order valence-electron chi connectivity index (χ3n) is 4.24. The number of hydrogen-bond acceptors (Lipinski definition) is 1. The van der Waals surface area contributed by atoms with Crippen molar-refractivity contribution in [2.75, 3.05) is 0 Å². The van der Waals surface area contributed by atoms with E-state index in [4.69, 9.17) is 9.90 Å². The number of hydrogen-bond donors (Lipinski definition) is 1. The van der Waals surface area contributed by atoms with Crippen LogP contribution in [0.5, 0.6) is 0 Å². The van der Waals surface area contributed by atoms with Crippen LogP contribution in [0.3, 0.4) is 0 Å². The van der Waals surface area contributed by atoms with Gasteiger partial charge in [0.15, 0.2) is 0 Å². The molecule has 0 saturated heterocycles. The second-order valence-corrected chi connectivity index (χ2v) is 14.2. The molecule has 0 aromatic rings. The normalized spacial score (nSPS) is 10.9. The molecular weight excluding hydrogens is 296 g/mol. The van der Waals surface area contributed by atoms with Crippen LogP contribution >= 0.6 is 0 Å². The molecule has 0 aromatic carbocycles. The second kappa shape index (κ2) is 16.6. The third-order valence-corrected chi connectivity index (χ3v) is 13.1. The predicted octanol–water partition coefficient (Wildman–Crippen LogP) is 7.10. The van der Waals surface area contributed by atoms with E-state index in [0.29, 0.717) is 0 Å². The monoisotopic (exact) mass is 336 g/mol. The second-order valence-electron chi connectivity index (χ2n) is 6.43. The van der Waals surface area contributed by atoms with Crippen molar-refractivity contribution in [2.45, 2.75) is 105 Å². The fraction of sp³-hybridized carbons (Fsp3) is 0.944. The van der Waals surface area contributed by atoms with Gasteiger partial charge >= 0.3 is 115 Å². The van der Waals surface area contributed by atoms with Crippen LogP contribution < -0.4 is 0 Å². The molecule has 0 fully saturated rings. The van der Waals surface area contributed by atoms with Crippen molar-refractivity contribution in [3.63, 3.8) is 0 Å². The van der Waals surface area contributed by atoms with Crippen molar-refractivity contribution in [2.24, 2.45) is 0 Å². The van der Waals surface area contributed by atoms with Gasteiger partial charge in [-0.1, -0.05) is 0 Å². The van der Waals surface area contributed by atoms with E-state index < -0.39 is 22.6 Å². The Morgan fingerprint density at radius 1 is 0.714 bits per heavy atom. The van der Waals surface area contributed by atoms with E-state index in [2.05, 4.69) is 27.7 Å². The van der Waals surface area contributed by atoms with Gasteiger partial charge in [0.05, 0.1) is 0 Å². The van der Waals surface area contributed by atoms with Gasteiger partial charge in [-0.25, -0.2) is 0 Å². The molecule has 0 amide bonds. The molecule has 0 heterocycles. The number of carbonyl (C=O) groups is 1. The summed E-state index contributed by atoms with van der Waals surface area (Å²) in [7, 11) is 0. The molecule has 128 valence electrons. The zero-order valence-corrected chi connectivity index (χ0v) is 16.9. The maximum atomic E-state index is 9.00. The van der Waals surface area contributed by atoms with Gasteiger partial charge in [0.25, 0.3) is 5.97 Å². The molecular formula is C18H40O2Ti. The molecule has 0 bridgehead atoms. The summed E-state index contributed by atoms with van der Waals surface area (Å²) >= 11 is -1.43. The average molecular weight is 336 g/mol. The van der Waals surface area contributed by atoms with Crippen molar-refractivity contribution in [3.8, 4) is 0 Å². The Balaban J connectivity index is 0. The minimum absolute atomic E-state index is 0.833. The van der Waals surface area contributed by atoms with Crippen molar-refractivity contribution < 1.29 is 26.5 Å². The summed E-state index contributed by atoms with van der Waals surface area (Å²) in [5.41, 5.74) is 0. The van der Waals surface area contributed by atoms with E-state index in [-0.39, 0.29) is 0 Å². The molecule has 0 saturated carbocycles. The number of carboxylic acids is 1. The van der Waals surface area contributed by atoms with Crippen molar-refractivity contribution in [1.82, 2.24) is 0 Å². The van der Waals surface area contributed by atoms with Gasteiger partial charge in [-0.3, -0.25) is 4.79 Å². The van der Waals surface area contributed by atoms with Gasteiger partial charge in [0.2, 0.25) is 0 Å². The third kappa shape index (κ3) is 16.4. The topological polar surface area (TPSA) is 37.3 Å². The van der Waals surface area contributed by atoms with Crippen LogP contribution in [0.2, 0.25) is 18.9 Å². The molecule has 3 heteroatoms. The Labute approximate surface area is 137 Å². The number of rotatable bonds is 12. The standard InChI is InChI=1S/4C4H9.C2H4O2.Ti/c4*1-3-4-2;1-2(3)4;/h4*1,3-4H2,2H3;1H3,(H,3,4);. The Hall–Kier alpha value is 0.184. The van der Waals surface area contributed by atoms with Gasteiger partial charge in [0, 0.05) is 6.92 Å². The zero-order valence-electron chi connectivity index (χ0n) is 15.3. The summed E-state index contributed by atoms with van der Waals surface area (Å²) in [4.78, 5) is 9.00. The molecule has 0 spiro atoms. The summed E-state index contributed by atoms with van der Waals surface area (Å²) in [6, 6.07) is 0. The molecule has 0 rings (SSSR count). The Morgan fingerprint density at radius 3 is 1.05 bits per heavy atom. The van der Waals surface area contributed by atoms with Crippen LogP contribution in [0, 0.1) is 0 Å². The summed E-state index contributed by atoms with van der Waals surface area (Å²) in [6.45, 7) is 10.6. The summed E-state index contributed by atoms with van der Waals surface area (Å²) in [6.07, 6.45) is 11.8. The van der Waals surface area contributed by atoms with Crippen LogP contribution in [0.1, 0.15) is 86.0 Å². The molecule has 2 nitrogen and oxygen atoms in total. The van der Waals surface area contributed by atoms with E-state index in [1.54, 1.807) is 18.9 Å². The molecule has 0 aliphatic heterocycles. The molecule has 0 unspecified atom stereocenters. The van der Waals surface area contributed by atoms with E-state index in [0.717, 1.165) is 6.92 Å². The Kier molecular flexibility index (Phi) is 18.5. The van der Waals surface area contributed by atoms with Crippen LogP contribution in [0.4, 0.5) is 0 Å². The Bertz CT molecular complexity index is 188. The minimum atomic E-state index is -1.43. The molecule has 0 aliphatic carbocycles. The van der Waals surface area contributed by atoms with Crippen LogP contribution in [0.15, 0.2) is 0 Å². The summed E-state index contributed by atoms with van der Waals surface area (Å²) in [5, 5.41) is 7.42. The van der Waals surface area contributed by atoms with E-state index in [1.165, 1.54) is 51.4 Å². The molecule has 0 atom stereocenters. The number of unbranched alkanes of at least 4 members (excludes halogenated alkanes) is 4. The SMILES string of the molecule is CC(=O)O.CCC[CH2][Ti]([CH2]CCC)([CH2]CCC)[CH2]CCC. The fourth-order valence-electron chi connectivity index (χ4n) is 2.96. The van der Waals surface area contributed by atoms with Gasteiger partial charge < -0.3 is 5.11 Å². The Morgan fingerprint density at radius 2 is 0.905 bits per heavy atom. The molecule has 21 heavy (non-hydrogen) atoms. The summed E-state index contributed by atoms with van der Waals surface area (Å²) < 4.78 is 6.71. The van der Waals surface area contributed by atoms with E-state index >= 15 is 0 Å². The van der Waals surface area contributed by atoms with Crippen LogP contribution in [-0.2, 0) is 21.4 Å². The quantitative estimate of drug-likeness (QED) is 0.386. The first-order valence-electron chi connectivity index (χ1n) is 9.17. The molecule has 0 aliphatic rings. The van der Waals surface area contributed by atoms with Gasteiger partial charge in [-0.2, -0.15) is 0 Å². The van der Waals surface area contributed by atoms with Crippen LogP contribution in [-0.4, -0.2) is 11.1 Å². The first-order chi connectivity index (χ1) is 9.97. The predicted molar refractivity (Wildman–Crippen MR) is 92.2 cm³/mol. The summed E-state index contributed by atoms with van der Waals surface area (Å²) in [5.74, 6) is -0.833. The van der Waals surface area contributed by atoms with Gasteiger partial charge in [0.1, 0.15) is 0 Å². The first-order valence-corrected chi connectivity index (χ1v) is 13.6. The first kappa shape index (κ1) is 23.5. The number of aliphatic carboxylic acids is 1.